The van der Waals surface area contributed by atoms with Crippen LogP contribution in [0.5, 0.6) is 0 Å². The van der Waals surface area contributed by atoms with Crippen LogP contribution in [0, 0.1) is 0 Å². The number of ether oxygens (including phenoxy) is 2. The van der Waals surface area contributed by atoms with E-state index in [2.05, 4.69) is 20.8 Å². The van der Waals surface area contributed by atoms with Crippen LogP contribution in [0.15, 0.2) is 23.8 Å². The fourth-order valence-electron chi connectivity index (χ4n) is 2.34. The average molecular weight is 338 g/mol. The molecule has 0 radical (unpaired) electrons. The summed E-state index contributed by atoms with van der Waals surface area (Å²) in [5.74, 6) is 3.07. The maximum Gasteiger partial charge on any atom is 0.557 e. The van der Waals surface area contributed by atoms with Crippen molar-refractivity contribution in [3.63, 3.8) is 0 Å². The summed E-state index contributed by atoms with van der Waals surface area (Å²) in [4.78, 5) is 0. The maximum atomic E-state index is 5.84. The molecule has 0 aliphatic carbocycles. The highest BCUT2D eigenvalue weighted by atomic mass is 16.7. The van der Waals surface area contributed by atoms with Gasteiger partial charge in [0.15, 0.2) is 5.76 Å². The Bertz CT molecular complexity index is 368. The van der Waals surface area contributed by atoms with Gasteiger partial charge in [-0.2, -0.15) is 0 Å². The highest BCUT2D eigenvalue weighted by Gasteiger charge is 2.26. The first-order valence-electron chi connectivity index (χ1n) is 9.78. The first-order valence-corrected chi connectivity index (χ1v) is 9.78. The van der Waals surface area contributed by atoms with Gasteiger partial charge in [-0.15, -0.1) is 0 Å². The minimum Gasteiger partial charge on any atom is -0.503 e. The third-order valence-corrected chi connectivity index (χ3v) is 3.85. The SMILES string of the molecule is CCCCCOB1C=CC(OCCCCC)=C(OCCCCC)O1. The molecule has 0 saturated heterocycles. The third-order valence-electron chi connectivity index (χ3n) is 3.85. The van der Waals surface area contributed by atoms with E-state index < -0.39 is 0 Å². The van der Waals surface area contributed by atoms with Crippen molar-refractivity contribution in [2.75, 3.05) is 19.8 Å². The Morgan fingerprint density at radius 2 is 1.38 bits per heavy atom. The zero-order chi connectivity index (χ0) is 17.5. The summed E-state index contributed by atoms with van der Waals surface area (Å²) in [5.41, 5.74) is 0. The van der Waals surface area contributed by atoms with Crippen LogP contribution in [-0.4, -0.2) is 26.9 Å². The molecule has 5 heteroatoms. The summed E-state index contributed by atoms with van der Waals surface area (Å²) in [5, 5.41) is 0. The Hall–Kier alpha value is -1.10. The molecule has 138 valence electrons. The maximum absolute atomic E-state index is 5.84. The van der Waals surface area contributed by atoms with E-state index in [1.807, 2.05) is 12.1 Å². The molecule has 0 amide bonds. The molecule has 1 rings (SSSR count). The van der Waals surface area contributed by atoms with E-state index in [4.69, 9.17) is 18.8 Å². The molecule has 0 bridgehead atoms. The molecule has 4 nitrogen and oxygen atoms in total. The van der Waals surface area contributed by atoms with E-state index >= 15 is 0 Å². The molecule has 0 atom stereocenters. The van der Waals surface area contributed by atoms with Crippen molar-refractivity contribution in [3.8, 4) is 0 Å². The topological polar surface area (TPSA) is 36.9 Å². The van der Waals surface area contributed by atoms with Gasteiger partial charge < -0.3 is 18.8 Å². The van der Waals surface area contributed by atoms with Gasteiger partial charge in [0, 0.05) is 6.61 Å². The monoisotopic (exact) mass is 338 g/mol. The van der Waals surface area contributed by atoms with Crippen LogP contribution in [0.3, 0.4) is 0 Å². The molecule has 0 fully saturated rings. The highest BCUT2D eigenvalue weighted by molar-refractivity contribution is 6.51. The van der Waals surface area contributed by atoms with Crippen molar-refractivity contribution in [2.24, 2.45) is 0 Å². The highest BCUT2D eigenvalue weighted by Crippen LogP contribution is 2.20. The second-order valence-electron chi connectivity index (χ2n) is 6.19. The summed E-state index contributed by atoms with van der Waals surface area (Å²) >= 11 is 0. The standard InChI is InChI=1S/C19H35BO4/c1-4-7-10-15-21-18-13-14-20(23-17-12-9-6-3)24-19(18)22-16-11-8-5-2/h13-14H,4-12,15-17H2,1-3H3. The van der Waals surface area contributed by atoms with Crippen molar-refractivity contribution >= 4 is 7.12 Å². The van der Waals surface area contributed by atoms with Crippen LogP contribution in [0.25, 0.3) is 0 Å². The normalized spacial score (nSPS) is 14.0. The van der Waals surface area contributed by atoms with Gasteiger partial charge in [-0.25, -0.2) is 0 Å². The molecule has 0 unspecified atom stereocenters. The summed E-state index contributed by atoms with van der Waals surface area (Å²) in [6.07, 6.45) is 12.1. The first kappa shape index (κ1) is 20.9. The largest absolute Gasteiger partial charge is 0.557 e. The van der Waals surface area contributed by atoms with Gasteiger partial charge in [0.05, 0.1) is 13.2 Å². The Labute approximate surface area is 148 Å². The Morgan fingerprint density at radius 1 is 0.792 bits per heavy atom. The van der Waals surface area contributed by atoms with Gasteiger partial charge in [-0.05, 0) is 31.3 Å². The Balaban J connectivity index is 2.46. The number of unbranched alkanes of at least 4 members (excludes halogenated alkanes) is 6. The summed E-state index contributed by atoms with van der Waals surface area (Å²) in [6.45, 7) is 8.61. The second kappa shape index (κ2) is 14.3. The van der Waals surface area contributed by atoms with Crippen molar-refractivity contribution in [3.05, 3.63) is 23.8 Å². The lowest BCUT2D eigenvalue weighted by Crippen LogP contribution is -2.26. The lowest BCUT2D eigenvalue weighted by atomic mass is 9.88. The molecule has 0 saturated carbocycles. The van der Waals surface area contributed by atoms with Crippen LogP contribution in [0.2, 0.25) is 0 Å². The smallest absolute Gasteiger partial charge is 0.503 e. The van der Waals surface area contributed by atoms with Crippen LogP contribution >= 0.6 is 0 Å². The Kier molecular flexibility index (Phi) is 12.5. The lowest BCUT2D eigenvalue weighted by molar-refractivity contribution is 0.0568. The van der Waals surface area contributed by atoms with Crippen LogP contribution < -0.4 is 0 Å². The summed E-state index contributed by atoms with van der Waals surface area (Å²) in [7, 11) is -0.369. The molecule has 1 heterocycles. The predicted molar refractivity (Wildman–Crippen MR) is 99.4 cm³/mol. The van der Waals surface area contributed by atoms with Crippen LogP contribution in [0.4, 0.5) is 0 Å². The van der Waals surface area contributed by atoms with Crippen LogP contribution in [-0.2, 0) is 18.8 Å². The van der Waals surface area contributed by atoms with Gasteiger partial charge in [-0.1, -0.05) is 59.3 Å². The predicted octanol–water partition coefficient (Wildman–Crippen LogP) is 5.39. The van der Waals surface area contributed by atoms with E-state index in [0.29, 0.717) is 31.5 Å². The van der Waals surface area contributed by atoms with Crippen molar-refractivity contribution < 1.29 is 18.8 Å². The minimum absolute atomic E-state index is 0.369. The zero-order valence-electron chi connectivity index (χ0n) is 15.9. The van der Waals surface area contributed by atoms with E-state index in [1.165, 1.54) is 32.1 Å². The van der Waals surface area contributed by atoms with Gasteiger partial charge in [0.1, 0.15) is 0 Å². The summed E-state index contributed by atoms with van der Waals surface area (Å²) in [6, 6.07) is 0. The van der Waals surface area contributed by atoms with E-state index in [1.54, 1.807) is 0 Å². The van der Waals surface area contributed by atoms with Crippen molar-refractivity contribution in [1.82, 2.24) is 0 Å². The van der Waals surface area contributed by atoms with Gasteiger partial charge in [0.2, 0.25) is 0 Å². The third kappa shape index (κ3) is 9.26. The number of allylic oxidation sites excluding steroid dienone is 1. The van der Waals surface area contributed by atoms with Gasteiger partial charge in [0.25, 0.3) is 0 Å². The van der Waals surface area contributed by atoms with Crippen molar-refractivity contribution in [2.45, 2.75) is 78.6 Å². The van der Waals surface area contributed by atoms with E-state index in [9.17, 15) is 0 Å². The number of hydrogen-bond donors (Lipinski definition) is 0. The van der Waals surface area contributed by atoms with Gasteiger partial charge in [-0.3, -0.25) is 0 Å². The second-order valence-corrected chi connectivity index (χ2v) is 6.19. The molecule has 0 N–H and O–H groups in total. The first-order chi connectivity index (χ1) is 11.8. The van der Waals surface area contributed by atoms with E-state index in [0.717, 1.165) is 25.7 Å². The molecular weight excluding hydrogens is 303 g/mol. The molecule has 0 aromatic carbocycles. The van der Waals surface area contributed by atoms with Crippen LogP contribution in [0.1, 0.15) is 78.6 Å². The lowest BCUT2D eigenvalue weighted by Gasteiger charge is -2.22. The molecule has 1 aliphatic rings. The van der Waals surface area contributed by atoms with E-state index in [-0.39, 0.29) is 7.12 Å². The molecule has 0 spiro atoms. The molecule has 0 aromatic rings. The van der Waals surface area contributed by atoms with Gasteiger partial charge >= 0.3 is 13.1 Å². The molecule has 0 aromatic heterocycles. The number of hydrogen-bond acceptors (Lipinski definition) is 4. The quantitative estimate of drug-likeness (QED) is 0.296. The summed E-state index contributed by atoms with van der Waals surface area (Å²) < 4.78 is 23.2. The fourth-order valence-corrected chi connectivity index (χ4v) is 2.34. The Morgan fingerprint density at radius 3 is 2.00 bits per heavy atom. The van der Waals surface area contributed by atoms with Crippen molar-refractivity contribution in [1.29, 1.82) is 0 Å². The number of rotatable bonds is 15. The molecule has 1 aliphatic heterocycles. The minimum atomic E-state index is -0.369. The molecule has 24 heavy (non-hydrogen) atoms. The zero-order valence-corrected chi connectivity index (χ0v) is 15.9. The fraction of sp³-hybridized carbons (Fsp3) is 0.789. The molecular formula is C19H35BO4. The average Bonchev–Trinajstić information content (AvgIpc) is 2.60.